The Morgan fingerprint density at radius 1 is 1.27 bits per heavy atom. The van der Waals surface area contributed by atoms with Gasteiger partial charge in [-0.15, -0.1) is 0 Å². The molecule has 15 heavy (non-hydrogen) atoms. The topological polar surface area (TPSA) is 75.5 Å². The number of nitrogens with two attached hydrogens (primary N) is 2. The monoisotopic (exact) mass is 245 g/mol. The summed E-state index contributed by atoms with van der Waals surface area (Å²) in [6.45, 7) is 1.48. The SMILES string of the molecule is CC(C)N(c1ccc(O)cc1)P(N)(N)=S. The lowest BCUT2D eigenvalue weighted by Gasteiger charge is -2.34. The molecule has 1 aromatic carbocycles. The molecule has 4 nitrogen and oxygen atoms in total. The third-order valence-electron chi connectivity index (χ3n) is 1.94. The van der Waals surface area contributed by atoms with Crippen molar-refractivity contribution in [1.29, 1.82) is 0 Å². The van der Waals surface area contributed by atoms with Crippen LogP contribution in [0.2, 0.25) is 0 Å². The predicted molar refractivity (Wildman–Crippen MR) is 68.4 cm³/mol. The van der Waals surface area contributed by atoms with Crippen molar-refractivity contribution in [3.05, 3.63) is 24.3 Å². The number of hydrogen-bond acceptors (Lipinski definition) is 2. The van der Waals surface area contributed by atoms with Gasteiger partial charge in [0.25, 0.3) is 0 Å². The van der Waals surface area contributed by atoms with Crippen LogP contribution < -0.4 is 15.7 Å². The van der Waals surface area contributed by atoms with E-state index in [0.717, 1.165) is 5.69 Å². The van der Waals surface area contributed by atoms with Gasteiger partial charge in [0.05, 0.1) is 0 Å². The molecule has 0 radical (unpaired) electrons. The molecule has 84 valence electrons. The maximum absolute atomic E-state index is 9.18. The average molecular weight is 245 g/mol. The number of nitrogens with zero attached hydrogens (tertiary/aromatic N) is 1. The fraction of sp³-hybridized carbons (Fsp3) is 0.333. The van der Waals surface area contributed by atoms with Crippen molar-refractivity contribution < 1.29 is 5.11 Å². The maximum atomic E-state index is 9.18. The van der Waals surface area contributed by atoms with Crippen LogP contribution in [-0.2, 0) is 11.8 Å². The number of rotatable bonds is 3. The number of aromatic hydroxyl groups is 1. The number of phenols is 1. The highest BCUT2D eigenvalue weighted by Crippen LogP contribution is 2.39. The summed E-state index contributed by atoms with van der Waals surface area (Å²) in [6, 6.07) is 6.84. The molecule has 0 aliphatic rings. The van der Waals surface area contributed by atoms with E-state index in [2.05, 4.69) is 0 Å². The standard InChI is InChI=1S/C9H16N3OPS/c1-7(2)12(14(10,11)15)8-3-5-9(13)6-4-8/h3-7,13H,1-2H3,(H4,10,11,15). The first-order chi connectivity index (χ1) is 6.82. The van der Waals surface area contributed by atoms with Crippen molar-refractivity contribution in [2.24, 2.45) is 11.0 Å². The number of phenolic OH excluding ortho intramolecular Hbond substituents is 1. The van der Waals surface area contributed by atoms with Gasteiger partial charge in [0.1, 0.15) is 5.75 Å². The molecule has 0 aromatic heterocycles. The minimum atomic E-state index is -2.48. The van der Waals surface area contributed by atoms with Gasteiger partial charge in [0.15, 0.2) is 6.49 Å². The van der Waals surface area contributed by atoms with Crippen molar-refractivity contribution in [2.45, 2.75) is 19.9 Å². The lowest BCUT2D eigenvalue weighted by atomic mass is 10.3. The van der Waals surface area contributed by atoms with Crippen LogP contribution in [-0.4, -0.2) is 11.1 Å². The van der Waals surface area contributed by atoms with Gasteiger partial charge >= 0.3 is 0 Å². The summed E-state index contributed by atoms with van der Waals surface area (Å²) in [5.41, 5.74) is 12.5. The first-order valence-corrected chi connectivity index (χ1v) is 7.47. The summed E-state index contributed by atoms with van der Waals surface area (Å²) in [6.07, 6.45) is 0. The zero-order chi connectivity index (χ0) is 11.6. The molecule has 0 aliphatic carbocycles. The molecule has 0 heterocycles. The fourth-order valence-electron chi connectivity index (χ4n) is 1.44. The second-order valence-electron chi connectivity index (χ2n) is 3.63. The molecule has 1 aromatic rings. The Hall–Kier alpha value is -0.610. The second kappa shape index (κ2) is 4.49. The summed E-state index contributed by atoms with van der Waals surface area (Å²) in [5.74, 6) is 0.213. The van der Waals surface area contributed by atoms with Crippen LogP contribution in [0.3, 0.4) is 0 Å². The third kappa shape index (κ3) is 3.18. The smallest absolute Gasteiger partial charge is 0.159 e. The van der Waals surface area contributed by atoms with Crippen LogP contribution in [0.4, 0.5) is 5.69 Å². The van der Waals surface area contributed by atoms with Crippen molar-refractivity contribution >= 4 is 24.0 Å². The van der Waals surface area contributed by atoms with Crippen molar-refractivity contribution in [2.75, 3.05) is 4.67 Å². The minimum absolute atomic E-state index is 0.135. The first kappa shape index (κ1) is 12.5. The normalized spacial score (nSPS) is 11.8. The van der Waals surface area contributed by atoms with Crippen LogP contribution >= 0.6 is 6.49 Å². The molecule has 0 spiro atoms. The van der Waals surface area contributed by atoms with Crippen LogP contribution in [0.1, 0.15) is 13.8 Å². The fourth-order valence-corrected chi connectivity index (χ4v) is 3.51. The van der Waals surface area contributed by atoms with Crippen molar-refractivity contribution in [3.63, 3.8) is 0 Å². The molecule has 0 saturated heterocycles. The molecule has 0 amide bonds. The molecule has 0 fully saturated rings. The summed E-state index contributed by atoms with van der Waals surface area (Å²) in [4.78, 5) is 0. The van der Waals surface area contributed by atoms with Crippen molar-refractivity contribution in [3.8, 4) is 5.75 Å². The van der Waals surface area contributed by atoms with Gasteiger partial charge < -0.3 is 9.78 Å². The maximum Gasteiger partial charge on any atom is 0.159 e. The van der Waals surface area contributed by atoms with E-state index in [1.807, 2.05) is 18.5 Å². The highest BCUT2D eigenvalue weighted by Gasteiger charge is 2.20. The molecule has 0 aliphatic heterocycles. The summed E-state index contributed by atoms with van der Waals surface area (Å²) >= 11 is 5.13. The number of benzene rings is 1. The Morgan fingerprint density at radius 2 is 1.73 bits per heavy atom. The van der Waals surface area contributed by atoms with Gasteiger partial charge in [-0.1, -0.05) is 0 Å². The van der Waals surface area contributed by atoms with Crippen LogP contribution in [0.15, 0.2) is 24.3 Å². The summed E-state index contributed by atoms with van der Waals surface area (Å²) in [5, 5.41) is 9.18. The molecule has 5 N–H and O–H groups in total. The van der Waals surface area contributed by atoms with Gasteiger partial charge in [0, 0.05) is 11.7 Å². The van der Waals surface area contributed by atoms with E-state index in [0.29, 0.717) is 0 Å². The Bertz CT molecular complexity index is 373. The predicted octanol–water partition coefficient (Wildman–Crippen LogP) is 1.75. The van der Waals surface area contributed by atoms with E-state index in [1.54, 1.807) is 24.3 Å². The molecule has 0 saturated carbocycles. The quantitative estimate of drug-likeness (QED) is 0.707. The first-order valence-electron chi connectivity index (χ1n) is 4.58. The lowest BCUT2D eigenvalue weighted by Crippen LogP contribution is -2.34. The van der Waals surface area contributed by atoms with E-state index < -0.39 is 6.49 Å². The van der Waals surface area contributed by atoms with Gasteiger partial charge in [-0.05, 0) is 49.9 Å². The zero-order valence-corrected chi connectivity index (χ0v) is 10.5. The van der Waals surface area contributed by atoms with E-state index in [1.165, 1.54) is 0 Å². The number of hydrogen-bond donors (Lipinski definition) is 3. The van der Waals surface area contributed by atoms with E-state index in [4.69, 9.17) is 22.8 Å². The van der Waals surface area contributed by atoms with Gasteiger partial charge in [0.2, 0.25) is 0 Å². The van der Waals surface area contributed by atoms with E-state index >= 15 is 0 Å². The third-order valence-corrected chi connectivity index (χ3v) is 3.83. The molecule has 0 atom stereocenters. The molecule has 0 bridgehead atoms. The largest absolute Gasteiger partial charge is 0.508 e. The molecular formula is C9H16N3OPS. The highest BCUT2D eigenvalue weighted by atomic mass is 32.4. The Balaban J connectivity index is 3.11. The molecular weight excluding hydrogens is 229 g/mol. The minimum Gasteiger partial charge on any atom is -0.508 e. The van der Waals surface area contributed by atoms with Crippen LogP contribution in [0.25, 0.3) is 0 Å². The Kier molecular flexibility index (Phi) is 3.73. The summed E-state index contributed by atoms with van der Waals surface area (Å²) < 4.78 is 1.82. The van der Waals surface area contributed by atoms with Crippen molar-refractivity contribution in [1.82, 2.24) is 0 Å². The van der Waals surface area contributed by atoms with E-state index in [9.17, 15) is 5.11 Å². The molecule has 1 rings (SSSR count). The van der Waals surface area contributed by atoms with Gasteiger partial charge in [-0.2, -0.15) is 0 Å². The van der Waals surface area contributed by atoms with Crippen LogP contribution in [0.5, 0.6) is 5.75 Å². The highest BCUT2D eigenvalue weighted by molar-refractivity contribution is 8.13. The Morgan fingerprint density at radius 3 is 2.07 bits per heavy atom. The second-order valence-corrected chi connectivity index (χ2v) is 7.16. The van der Waals surface area contributed by atoms with Crippen LogP contribution in [0, 0.1) is 0 Å². The Labute approximate surface area is 95.0 Å². The van der Waals surface area contributed by atoms with Gasteiger partial charge in [-0.25, -0.2) is 0 Å². The number of anilines is 1. The van der Waals surface area contributed by atoms with Gasteiger partial charge in [-0.3, -0.25) is 11.0 Å². The zero-order valence-electron chi connectivity index (χ0n) is 8.79. The lowest BCUT2D eigenvalue weighted by molar-refractivity contribution is 0.475. The molecule has 0 unspecified atom stereocenters. The average Bonchev–Trinajstić information content (AvgIpc) is 2.05. The summed E-state index contributed by atoms with van der Waals surface area (Å²) in [7, 11) is 0. The van der Waals surface area contributed by atoms with E-state index in [-0.39, 0.29) is 11.8 Å². The molecule has 6 heteroatoms.